The molecule has 3 aliphatic carbocycles. The van der Waals surface area contributed by atoms with Crippen molar-refractivity contribution in [3.8, 4) is 16.8 Å². The van der Waals surface area contributed by atoms with Crippen LogP contribution in [0.3, 0.4) is 0 Å². The second-order valence-electron chi connectivity index (χ2n) is 22.5. The summed E-state index contributed by atoms with van der Waals surface area (Å²) in [6.45, 7) is 23.5. The van der Waals surface area contributed by atoms with Crippen molar-refractivity contribution in [3.63, 3.8) is 0 Å². The maximum absolute atomic E-state index is 2.56. The zero-order valence-corrected chi connectivity index (χ0v) is 40.7. The standard InChI is InChI=1S/C63H70N2/c1-43-39-54(35-36-55(43)46-17-13-11-14-18-46)64(51-19-15-12-16-20-51)52-31-25-45(26-32-52)49-28-38-60-57(41-49)56-40-48(27-37-59(56)65(60)53-33-29-50(30-34-53)62(5,6)7)44-21-23-47(24-22-44)58(63(8,9)10)42-61(2,3)4/h12-13,15-26,28-41,43,48,55,58H,11,14,27,42H2,1-10H3. The summed E-state index contributed by atoms with van der Waals surface area (Å²) in [5.41, 5.74) is 14.6. The van der Waals surface area contributed by atoms with E-state index in [0.717, 1.165) is 24.9 Å². The minimum absolute atomic E-state index is 0.0947. The Morgan fingerprint density at radius 3 is 2.00 bits per heavy atom. The lowest BCUT2D eigenvalue weighted by Gasteiger charge is -2.36. The van der Waals surface area contributed by atoms with Crippen LogP contribution in [0.4, 0.5) is 11.4 Å². The Morgan fingerprint density at radius 2 is 1.37 bits per heavy atom. The van der Waals surface area contributed by atoms with Gasteiger partial charge in [-0.1, -0.05) is 185 Å². The first-order valence-electron chi connectivity index (χ1n) is 24.3. The predicted molar refractivity (Wildman–Crippen MR) is 281 cm³/mol. The highest BCUT2D eigenvalue weighted by atomic mass is 15.1. The predicted octanol–water partition coefficient (Wildman–Crippen LogP) is 16.0. The first kappa shape index (κ1) is 44.3. The van der Waals surface area contributed by atoms with Crippen LogP contribution < -0.4 is 15.5 Å². The van der Waals surface area contributed by atoms with Gasteiger partial charge in [-0.15, -0.1) is 0 Å². The number of para-hydroxylation sites is 1. The molecule has 9 rings (SSSR count). The Balaban J connectivity index is 1.09. The van der Waals surface area contributed by atoms with E-state index >= 15 is 0 Å². The molecule has 0 saturated carbocycles. The molecule has 1 aromatic heterocycles. The smallest absolute Gasteiger partial charge is 0.0541 e. The average molecular weight is 855 g/mol. The maximum atomic E-state index is 2.56. The Morgan fingerprint density at radius 1 is 0.677 bits per heavy atom. The van der Waals surface area contributed by atoms with Crippen LogP contribution >= 0.6 is 0 Å². The molecule has 0 N–H and O–H groups in total. The van der Waals surface area contributed by atoms with Crippen LogP contribution in [0.5, 0.6) is 0 Å². The molecule has 0 spiro atoms. The molecule has 4 unspecified atom stereocenters. The highest BCUT2D eigenvalue weighted by molar-refractivity contribution is 5.89. The summed E-state index contributed by atoms with van der Waals surface area (Å²) in [4.78, 5) is 2.41. The minimum Gasteiger partial charge on any atom is -0.311 e. The number of rotatable bonds is 9. The van der Waals surface area contributed by atoms with E-state index < -0.39 is 0 Å². The van der Waals surface area contributed by atoms with Crippen LogP contribution in [-0.4, -0.2) is 4.57 Å². The molecule has 6 aromatic rings. The van der Waals surface area contributed by atoms with E-state index in [-0.39, 0.29) is 16.2 Å². The van der Waals surface area contributed by atoms with Crippen molar-refractivity contribution in [2.24, 2.45) is 22.7 Å². The zero-order valence-electron chi connectivity index (χ0n) is 40.7. The minimum atomic E-state index is 0.0947. The third kappa shape index (κ3) is 9.33. The first-order chi connectivity index (χ1) is 31.0. The van der Waals surface area contributed by atoms with Gasteiger partial charge in [0, 0.05) is 50.5 Å². The van der Waals surface area contributed by atoms with Crippen LogP contribution in [0, 0.1) is 22.7 Å². The van der Waals surface area contributed by atoms with E-state index in [1.165, 1.54) is 78.4 Å². The van der Waals surface area contributed by atoms with Crippen LogP contribution in [0.1, 0.15) is 123 Å². The van der Waals surface area contributed by atoms with E-state index in [0.29, 0.717) is 23.7 Å². The number of nitrogens with zero attached hydrogens (tertiary/aromatic N) is 2. The molecule has 2 heteroatoms. The molecule has 2 nitrogen and oxygen atoms in total. The fourth-order valence-electron chi connectivity index (χ4n) is 10.6. The van der Waals surface area contributed by atoms with Crippen molar-refractivity contribution in [1.82, 2.24) is 4.57 Å². The van der Waals surface area contributed by atoms with Gasteiger partial charge in [0.2, 0.25) is 0 Å². The second kappa shape index (κ2) is 17.5. The number of allylic oxidation sites excluding steroid dienone is 7. The van der Waals surface area contributed by atoms with Gasteiger partial charge in [0.1, 0.15) is 0 Å². The summed E-state index contributed by atoms with van der Waals surface area (Å²) < 4.78 is 2.50. The van der Waals surface area contributed by atoms with E-state index in [2.05, 4.69) is 249 Å². The molecule has 4 atom stereocenters. The Hall–Kier alpha value is -5.86. The molecule has 332 valence electrons. The monoisotopic (exact) mass is 855 g/mol. The van der Waals surface area contributed by atoms with Gasteiger partial charge in [0.15, 0.2) is 0 Å². The fourth-order valence-corrected chi connectivity index (χ4v) is 10.6. The second-order valence-corrected chi connectivity index (χ2v) is 22.5. The quantitative estimate of drug-likeness (QED) is 0.141. The third-order valence-electron chi connectivity index (χ3n) is 14.2. The molecule has 65 heavy (non-hydrogen) atoms. The summed E-state index contributed by atoms with van der Waals surface area (Å²) in [7, 11) is 0. The van der Waals surface area contributed by atoms with Gasteiger partial charge in [-0.2, -0.15) is 0 Å². The van der Waals surface area contributed by atoms with E-state index in [1.807, 2.05) is 0 Å². The molecular formula is C63H70N2. The summed E-state index contributed by atoms with van der Waals surface area (Å²) in [5.74, 6) is 1.60. The average Bonchev–Trinajstić information content (AvgIpc) is 3.61. The van der Waals surface area contributed by atoms with Crippen LogP contribution in [0.15, 0.2) is 169 Å². The normalized spacial score (nSPS) is 19.2. The largest absolute Gasteiger partial charge is 0.311 e. The third-order valence-corrected chi connectivity index (χ3v) is 14.2. The van der Waals surface area contributed by atoms with E-state index in [1.54, 1.807) is 0 Å². The molecule has 0 aliphatic heterocycles. The molecule has 0 bridgehead atoms. The molecule has 0 saturated heterocycles. The van der Waals surface area contributed by atoms with Crippen molar-refractivity contribution < 1.29 is 0 Å². The molecule has 1 heterocycles. The summed E-state index contributed by atoms with van der Waals surface area (Å²) in [6.07, 6.45) is 23.8. The van der Waals surface area contributed by atoms with Gasteiger partial charge in [0.05, 0.1) is 5.52 Å². The highest BCUT2D eigenvalue weighted by Gasteiger charge is 2.31. The van der Waals surface area contributed by atoms with E-state index in [4.69, 9.17) is 0 Å². The lowest BCUT2D eigenvalue weighted by atomic mass is 9.69. The van der Waals surface area contributed by atoms with Crippen LogP contribution in [0.25, 0.3) is 39.9 Å². The lowest BCUT2D eigenvalue weighted by molar-refractivity contribution is 0.229. The van der Waals surface area contributed by atoms with Crippen molar-refractivity contribution in [2.45, 2.75) is 112 Å². The Kier molecular flexibility index (Phi) is 11.9. The zero-order chi connectivity index (χ0) is 45.7. The molecule has 0 radical (unpaired) electrons. The first-order valence-corrected chi connectivity index (χ1v) is 24.3. The summed E-state index contributed by atoms with van der Waals surface area (Å²) in [6, 6.07) is 46.1. The SMILES string of the molecule is CC1C=C(N(c2ccccc2)c2ccc(-c3ccc4c(c3)c3c(n4-c4ccc(C(C)(C)C)cc4)=CCC(c4ccc(C(CC(C)(C)C)C(C)(C)C)cc4)C=3)cc2)C=CC1C1=CCCC=C1. The fraction of sp³-hybridized carbons (Fsp3) is 0.333. The maximum Gasteiger partial charge on any atom is 0.0541 e. The number of aromatic nitrogens is 1. The molecule has 0 fully saturated rings. The summed E-state index contributed by atoms with van der Waals surface area (Å²) in [5, 5.41) is 3.92. The highest BCUT2D eigenvalue weighted by Crippen LogP contribution is 2.44. The van der Waals surface area contributed by atoms with Crippen molar-refractivity contribution >= 4 is 34.4 Å². The van der Waals surface area contributed by atoms with Crippen molar-refractivity contribution in [1.29, 1.82) is 0 Å². The number of fused-ring (bicyclic) bond motifs is 3. The number of hydrogen-bond acceptors (Lipinski definition) is 1. The van der Waals surface area contributed by atoms with Crippen LogP contribution in [0.2, 0.25) is 0 Å². The van der Waals surface area contributed by atoms with Crippen molar-refractivity contribution in [3.05, 3.63) is 196 Å². The topological polar surface area (TPSA) is 8.17 Å². The summed E-state index contributed by atoms with van der Waals surface area (Å²) >= 11 is 0. The van der Waals surface area contributed by atoms with Crippen LogP contribution in [-0.2, 0) is 5.41 Å². The van der Waals surface area contributed by atoms with Gasteiger partial charge in [-0.25, -0.2) is 0 Å². The van der Waals surface area contributed by atoms with Gasteiger partial charge >= 0.3 is 0 Å². The van der Waals surface area contributed by atoms with Gasteiger partial charge in [0.25, 0.3) is 0 Å². The van der Waals surface area contributed by atoms with E-state index in [9.17, 15) is 0 Å². The molecule has 3 aliphatic rings. The molecular weight excluding hydrogens is 785 g/mol. The lowest BCUT2D eigenvalue weighted by Crippen LogP contribution is -2.31. The Bertz CT molecular complexity index is 2910. The van der Waals surface area contributed by atoms with Gasteiger partial charge in [-0.3, -0.25) is 0 Å². The number of benzene rings is 5. The molecule has 0 amide bonds. The number of hydrogen-bond donors (Lipinski definition) is 0. The Labute approximate surface area is 390 Å². The van der Waals surface area contributed by atoms with Gasteiger partial charge < -0.3 is 9.47 Å². The number of anilines is 2. The molecule has 5 aromatic carbocycles. The van der Waals surface area contributed by atoms with Gasteiger partial charge in [-0.05, 0) is 142 Å². The van der Waals surface area contributed by atoms with Crippen molar-refractivity contribution in [2.75, 3.05) is 4.90 Å².